The van der Waals surface area contributed by atoms with Crippen LogP contribution in [0.15, 0.2) is 65.5 Å². The van der Waals surface area contributed by atoms with Gasteiger partial charge in [0, 0.05) is 47.3 Å². The number of hydrogen-bond acceptors (Lipinski definition) is 4. The minimum atomic E-state index is -0.462. The minimum absolute atomic E-state index is 0.117. The summed E-state index contributed by atoms with van der Waals surface area (Å²) in [4.78, 5) is 31.8. The van der Waals surface area contributed by atoms with Crippen LogP contribution >= 0.6 is 15.9 Å². The van der Waals surface area contributed by atoms with E-state index in [-0.39, 0.29) is 11.8 Å². The number of hydrogen-bond donors (Lipinski definition) is 1. The van der Waals surface area contributed by atoms with Gasteiger partial charge in [-0.1, -0.05) is 22.0 Å². The lowest BCUT2D eigenvalue weighted by molar-refractivity contribution is -0.125. The molecule has 1 N–H and O–H groups in total. The van der Waals surface area contributed by atoms with E-state index in [0.29, 0.717) is 30.9 Å². The maximum Gasteiger partial charge on any atom is 0.254 e. The van der Waals surface area contributed by atoms with E-state index in [2.05, 4.69) is 31.3 Å². The summed E-state index contributed by atoms with van der Waals surface area (Å²) < 4.78 is 2.58. The van der Waals surface area contributed by atoms with Gasteiger partial charge >= 0.3 is 0 Å². The van der Waals surface area contributed by atoms with E-state index in [9.17, 15) is 9.59 Å². The van der Waals surface area contributed by atoms with Crippen molar-refractivity contribution in [1.29, 1.82) is 0 Å². The van der Waals surface area contributed by atoms with Gasteiger partial charge < -0.3 is 10.2 Å². The highest BCUT2D eigenvalue weighted by Gasteiger charge is 2.34. The second kappa shape index (κ2) is 8.57. The predicted octanol–water partition coefficient (Wildman–Crippen LogP) is 2.95. The molecule has 8 heteroatoms. The predicted molar refractivity (Wildman–Crippen MR) is 111 cm³/mol. The van der Waals surface area contributed by atoms with E-state index in [1.807, 2.05) is 36.5 Å². The van der Waals surface area contributed by atoms with E-state index in [1.54, 1.807) is 34.1 Å². The van der Waals surface area contributed by atoms with Crippen LogP contribution in [0.1, 0.15) is 28.8 Å². The Morgan fingerprint density at radius 3 is 2.72 bits per heavy atom. The smallest absolute Gasteiger partial charge is 0.254 e. The van der Waals surface area contributed by atoms with Gasteiger partial charge in [-0.3, -0.25) is 9.59 Å². The molecule has 29 heavy (non-hydrogen) atoms. The van der Waals surface area contributed by atoms with Crippen LogP contribution in [0.5, 0.6) is 0 Å². The van der Waals surface area contributed by atoms with Crippen LogP contribution in [0.4, 0.5) is 0 Å². The van der Waals surface area contributed by atoms with Gasteiger partial charge in [-0.05, 0) is 49.2 Å². The summed E-state index contributed by atoms with van der Waals surface area (Å²) in [6, 6.07) is 12.3. The van der Waals surface area contributed by atoms with Crippen LogP contribution in [0.3, 0.4) is 0 Å². The summed E-state index contributed by atoms with van der Waals surface area (Å²) in [5.41, 5.74) is 1.44. The van der Waals surface area contributed by atoms with E-state index in [0.717, 1.165) is 16.5 Å². The molecule has 1 fully saturated rings. The molecular weight excluding hydrogens is 434 g/mol. The molecule has 1 saturated heterocycles. The number of pyridine rings is 1. The highest BCUT2D eigenvalue weighted by molar-refractivity contribution is 9.10. The summed E-state index contributed by atoms with van der Waals surface area (Å²) in [6.45, 7) is 0.900. The first-order valence-corrected chi connectivity index (χ1v) is 10.2. The number of carbonyl (C=O) groups is 2. The van der Waals surface area contributed by atoms with Crippen molar-refractivity contribution in [2.45, 2.75) is 25.4 Å². The third-order valence-corrected chi connectivity index (χ3v) is 5.48. The minimum Gasteiger partial charge on any atom is -0.350 e. The maximum atomic E-state index is 12.9. The highest BCUT2D eigenvalue weighted by atomic mass is 79.9. The first-order chi connectivity index (χ1) is 14.1. The number of amides is 2. The molecule has 2 aromatic heterocycles. The lowest BCUT2D eigenvalue weighted by Crippen LogP contribution is -2.45. The Kier molecular flexibility index (Phi) is 5.71. The first-order valence-electron chi connectivity index (χ1n) is 9.41. The van der Waals surface area contributed by atoms with Crippen molar-refractivity contribution in [2.24, 2.45) is 0 Å². The Hall–Kier alpha value is -3.00. The zero-order chi connectivity index (χ0) is 20.2. The standard InChI is InChI=1S/C21H20BrN5O2/c22-17-8-6-15(7-9-17)21(29)26-12-2-5-18(26)20(28)24-14-16-4-1-10-23-19(16)27-13-3-11-25-27/h1,3-4,6-11,13,18H,2,5,12,14H2,(H,24,28). The molecule has 0 aliphatic carbocycles. The number of likely N-dealkylation sites (tertiary alicyclic amines) is 1. The molecule has 7 nitrogen and oxygen atoms in total. The molecule has 4 rings (SSSR count). The third-order valence-electron chi connectivity index (χ3n) is 4.95. The van der Waals surface area contributed by atoms with E-state index in [1.165, 1.54) is 0 Å². The summed E-state index contributed by atoms with van der Waals surface area (Å²) in [5.74, 6) is 0.406. The molecule has 148 valence electrons. The molecule has 1 aromatic carbocycles. The highest BCUT2D eigenvalue weighted by Crippen LogP contribution is 2.22. The third kappa shape index (κ3) is 4.22. The molecule has 1 aliphatic rings. The number of benzene rings is 1. The Morgan fingerprint density at radius 2 is 1.97 bits per heavy atom. The lowest BCUT2D eigenvalue weighted by Gasteiger charge is -2.24. The lowest BCUT2D eigenvalue weighted by atomic mass is 10.1. The molecule has 0 radical (unpaired) electrons. The topological polar surface area (TPSA) is 80.1 Å². The summed E-state index contributed by atoms with van der Waals surface area (Å²) in [6.07, 6.45) is 6.65. The summed E-state index contributed by atoms with van der Waals surface area (Å²) in [7, 11) is 0. The molecular formula is C21H20BrN5O2. The van der Waals surface area contributed by atoms with Gasteiger partial charge in [0.15, 0.2) is 5.82 Å². The van der Waals surface area contributed by atoms with Crippen molar-refractivity contribution < 1.29 is 9.59 Å². The fraction of sp³-hybridized carbons (Fsp3) is 0.238. The van der Waals surface area contributed by atoms with Crippen LogP contribution in [0, 0.1) is 0 Å². The van der Waals surface area contributed by atoms with Crippen LogP contribution in [0.25, 0.3) is 5.82 Å². The van der Waals surface area contributed by atoms with E-state index < -0.39 is 6.04 Å². The molecule has 2 amide bonds. The van der Waals surface area contributed by atoms with Crippen LogP contribution in [-0.2, 0) is 11.3 Å². The van der Waals surface area contributed by atoms with Crippen molar-refractivity contribution in [3.8, 4) is 5.82 Å². The van der Waals surface area contributed by atoms with E-state index in [4.69, 9.17) is 0 Å². The number of aromatic nitrogens is 3. The van der Waals surface area contributed by atoms with Crippen molar-refractivity contribution in [3.63, 3.8) is 0 Å². The van der Waals surface area contributed by atoms with Gasteiger partial charge in [-0.25, -0.2) is 9.67 Å². The van der Waals surface area contributed by atoms with Gasteiger partial charge in [0.05, 0.1) is 0 Å². The zero-order valence-electron chi connectivity index (χ0n) is 15.7. The molecule has 0 spiro atoms. The Labute approximate surface area is 176 Å². The first kappa shape index (κ1) is 19.3. The molecule has 3 aromatic rings. The van der Waals surface area contributed by atoms with Gasteiger partial charge in [-0.15, -0.1) is 0 Å². The van der Waals surface area contributed by atoms with Gasteiger partial charge in [0.2, 0.25) is 5.91 Å². The summed E-state index contributed by atoms with van der Waals surface area (Å²) >= 11 is 3.38. The number of halogens is 1. The quantitative estimate of drug-likeness (QED) is 0.643. The van der Waals surface area contributed by atoms with Gasteiger partial charge in [0.25, 0.3) is 5.91 Å². The van der Waals surface area contributed by atoms with Gasteiger partial charge in [-0.2, -0.15) is 5.10 Å². The molecule has 3 heterocycles. The monoisotopic (exact) mass is 453 g/mol. The average molecular weight is 454 g/mol. The SMILES string of the molecule is O=C(NCc1cccnc1-n1cccn1)C1CCCN1C(=O)c1ccc(Br)cc1. The average Bonchev–Trinajstić information content (AvgIpc) is 3.44. The fourth-order valence-corrected chi connectivity index (χ4v) is 3.77. The normalized spacial score (nSPS) is 16.0. The second-order valence-corrected chi connectivity index (χ2v) is 7.73. The summed E-state index contributed by atoms with van der Waals surface area (Å²) in [5, 5.41) is 7.18. The second-order valence-electron chi connectivity index (χ2n) is 6.82. The Morgan fingerprint density at radius 1 is 1.14 bits per heavy atom. The molecule has 0 saturated carbocycles. The number of carbonyl (C=O) groups excluding carboxylic acids is 2. The number of rotatable bonds is 5. The van der Waals surface area contributed by atoms with Crippen molar-refractivity contribution >= 4 is 27.7 Å². The van der Waals surface area contributed by atoms with Crippen LogP contribution < -0.4 is 5.32 Å². The van der Waals surface area contributed by atoms with Crippen molar-refractivity contribution in [3.05, 3.63) is 76.7 Å². The molecule has 1 aliphatic heterocycles. The van der Waals surface area contributed by atoms with Crippen molar-refractivity contribution in [2.75, 3.05) is 6.54 Å². The molecule has 0 bridgehead atoms. The fourth-order valence-electron chi connectivity index (χ4n) is 3.51. The zero-order valence-corrected chi connectivity index (χ0v) is 17.2. The van der Waals surface area contributed by atoms with Crippen LogP contribution in [-0.4, -0.2) is 44.1 Å². The van der Waals surface area contributed by atoms with Crippen molar-refractivity contribution in [1.82, 2.24) is 25.0 Å². The largest absolute Gasteiger partial charge is 0.350 e. The molecule has 1 atom stereocenters. The van der Waals surface area contributed by atoms with Gasteiger partial charge in [0.1, 0.15) is 6.04 Å². The number of nitrogens with zero attached hydrogens (tertiary/aromatic N) is 4. The Balaban J connectivity index is 1.45. The Bertz CT molecular complexity index is 1000. The van der Waals surface area contributed by atoms with E-state index >= 15 is 0 Å². The molecule has 1 unspecified atom stereocenters. The maximum absolute atomic E-state index is 12.9. The van der Waals surface area contributed by atoms with Crippen LogP contribution in [0.2, 0.25) is 0 Å². The number of nitrogens with one attached hydrogen (secondary N) is 1.